The van der Waals surface area contributed by atoms with Gasteiger partial charge in [-0.1, -0.05) is 0 Å². The van der Waals surface area contributed by atoms with Crippen molar-refractivity contribution >= 4 is 43.7 Å². The van der Waals surface area contributed by atoms with Gasteiger partial charge in [-0.05, 0) is 0 Å². The van der Waals surface area contributed by atoms with E-state index in [4.69, 9.17) is 0 Å². The summed E-state index contributed by atoms with van der Waals surface area (Å²) in [6.07, 6.45) is 0. The van der Waals surface area contributed by atoms with Crippen LogP contribution in [0.15, 0.2) is 0 Å². The van der Waals surface area contributed by atoms with Crippen LogP contribution in [0.2, 0.25) is 0 Å². The summed E-state index contributed by atoms with van der Waals surface area (Å²) in [7, 11) is 0. The van der Waals surface area contributed by atoms with Gasteiger partial charge in [0.2, 0.25) is 0 Å². The summed E-state index contributed by atoms with van der Waals surface area (Å²) < 4.78 is 0. The molecule has 0 aliphatic rings. The second kappa shape index (κ2) is 15.7. The van der Waals surface area contributed by atoms with Crippen molar-refractivity contribution in [1.82, 2.24) is 0 Å². The average molecular weight is 528 g/mol. The molecule has 0 unspecified atom stereocenters. The molecular weight excluding hydrogens is 522 g/mol. The Morgan fingerprint density at radius 2 is 1.25 bits per heavy atom. The molecule has 0 aromatic carbocycles. The van der Waals surface area contributed by atoms with Gasteiger partial charge in [0.15, 0.2) is 0 Å². The van der Waals surface area contributed by atoms with Crippen molar-refractivity contribution in [3.63, 3.8) is 0 Å². The van der Waals surface area contributed by atoms with E-state index < -0.39 is 0 Å². The van der Waals surface area contributed by atoms with Crippen molar-refractivity contribution in [3.05, 3.63) is 0 Å². The van der Waals surface area contributed by atoms with Gasteiger partial charge in [-0.15, -0.1) is 0 Å². The van der Waals surface area contributed by atoms with Gasteiger partial charge in [0.25, 0.3) is 0 Å². The Bertz CT molecular complexity index is 11.6. The summed E-state index contributed by atoms with van der Waals surface area (Å²) >= 11 is 0. The van der Waals surface area contributed by atoms with Gasteiger partial charge in [-0.3, -0.25) is 0 Å². The molecule has 0 heterocycles. The van der Waals surface area contributed by atoms with Crippen molar-refractivity contribution in [2.24, 2.45) is 0 Å². The summed E-state index contributed by atoms with van der Waals surface area (Å²) in [5.74, 6) is 0. The molecule has 16 valence electrons. The van der Waals surface area contributed by atoms with E-state index in [1.165, 1.54) is 0 Å². The first-order valence-electron chi connectivity index (χ1n) is 0. The number of hydrogen-bond acceptors (Lipinski definition) is 0. The first kappa shape index (κ1) is 23.7. The predicted octanol–water partition coefficient (Wildman–Crippen LogP) is -4.99. The van der Waals surface area contributed by atoms with Crippen LogP contribution in [0, 0.1) is 0 Å². The molecule has 0 atom stereocenters. The van der Waals surface area contributed by atoms with Crippen molar-refractivity contribution in [2.75, 3.05) is 0 Å². The van der Waals surface area contributed by atoms with Gasteiger partial charge in [0, 0.05) is 27.7 Å². The molecule has 0 nitrogen and oxygen atoms in total. The van der Waals surface area contributed by atoms with Crippen molar-refractivity contribution in [3.8, 4) is 0 Å². The van der Waals surface area contributed by atoms with Crippen molar-refractivity contribution < 1.29 is 98.0 Å². The van der Waals surface area contributed by atoms with E-state index in [0.717, 1.165) is 0 Å². The fraction of sp³-hybridized carbons (Fsp3) is 0. The van der Waals surface area contributed by atoms with E-state index in [1.807, 2.05) is 0 Å². The van der Waals surface area contributed by atoms with Gasteiger partial charge >= 0.3 is 113 Å². The van der Waals surface area contributed by atoms with E-state index in [-0.39, 0.29) is 142 Å². The van der Waals surface area contributed by atoms with Crippen LogP contribution in [0.3, 0.4) is 0 Å². The molecule has 0 aromatic rings. The van der Waals surface area contributed by atoms with Crippen LogP contribution in [0.4, 0.5) is 0 Å². The molecule has 2 radical (unpaired) electrons. The third-order valence-electron chi connectivity index (χ3n) is 0. The van der Waals surface area contributed by atoms with Gasteiger partial charge < -0.3 is 1.43 Å². The van der Waals surface area contributed by atoms with E-state index >= 15 is 0 Å². The van der Waals surface area contributed by atoms with E-state index in [9.17, 15) is 0 Å². The molecular formula is H6CsGaHgSn. The fourth-order valence-corrected chi connectivity index (χ4v) is 0. The summed E-state index contributed by atoms with van der Waals surface area (Å²) in [5.41, 5.74) is 0. The second-order valence-electron chi connectivity index (χ2n) is 0. The molecule has 0 bridgehead atoms. The van der Waals surface area contributed by atoms with Crippen LogP contribution in [0.5, 0.6) is 0 Å². The van der Waals surface area contributed by atoms with Crippen LogP contribution >= 0.6 is 0 Å². The summed E-state index contributed by atoms with van der Waals surface area (Å²) in [6.45, 7) is 0. The Hall–Kier alpha value is 4.42. The SMILES string of the molecule is [Cs+].[GaH3].[H-].[Hg].[SnH2]. The van der Waals surface area contributed by atoms with E-state index in [0.29, 0.717) is 0 Å². The maximum atomic E-state index is 0. The van der Waals surface area contributed by atoms with Crippen LogP contribution in [0.1, 0.15) is 1.43 Å². The molecule has 4 heteroatoms. The molecule has 0 aromatic heterocycles. The van der Waals surface area contributed by atoms with Crippen LogP contribution in [-0.4, -0.2) is 43.7 Å². The monoisotopic (exact) mass is 530 g/mol. The third-order valence-corrected chi connectivity index (χ3v) is 0. The van der Waals surface area contributed by atoms with Crippen molar-refractivity contribution in [1.29, 1.82) is 0 Å². The third kappa shape index (κ3) is 9.66. The Morgan fingerprint density at radius 3 is 1.25 bits per heavy atom. The first-order valence-corrected chi connectivity index (χ1v) is 0. The van der Waals surface area contributed by atoms with Crippen molar-refractivity contribution in [2.45, 2.75) is 0 Å². The van der Waals surface area contributed by atoms with Gasteiger partial charge in [-0.25, -0.2) is 0 Å². The Balaban J connectivity index is 0. The molecule has 0 aliphatic carbocycles. The molecule has 0 N–H and O–H groups in total. The maximum absolute atomic E-state index is 0. The molecule has 0 spiro atoms. The zero-order chi connectivity index (χ0) is 0. The molecule has 0 amide bonds. The number of hydrogen-bond donors (Lipinski definition) is 0. The van der Waals surface area contributed by atoms with Gasteiger partial charge in [0.05, 0.1) is 0 Å². The minimum absolute atomic E-state index is 0. The zero-order valence-corrected chi connectivity index (χ0v) is 18.2. The summed E-state index contributed by atoms with van der Waals surface area (Å²) in [4.78, 5) is 0. The number of rotatable bonds is 0. The Kier molecular flexibility index (Phi) is 92.8. The van der Waals surface area contributed by atoms with Crippen LogP contribution < -0.4 is 68.9 Å². The molecule has 0 saturated heterocycles. The fourth-order valence-electron chi connectivity index (χ4n) is 0. The topological polar surface area (TPSA) is 0 Å². The second-order valence-corrected chi connectivity index (χ2v) is 0. The first-order chi connectivity index (χ1) is 0. The molecule has 4 heavy (non-hydrogen) atoms. The molecule has 0 aliphatic heterocycles. The van der Waals surface area contributed by atoms with Crippen LogP contribution in [-0.2, 0) is 27.7 Å². The average Bonchev–Trinajstić information content (AvgIpc) is 0. The summed E-state index contributed by atoms with van der Waals surface area (Å²) in [6, 6.07) is 0. The zero-order valence-electron chi connectivity index (χ0n) is 3.41. The minimum atomic E-state index is 0. The predicted molar refractivity (Wildman–Crippen MR) is 19.6 cm³/mol. The molecule has 0 saturated carbocycles. The standard InChI is InChI=1S/Cs.Ga.Hg.Sn.6H/q+1;;;;;;;;;-1. The summed E-state index contributed by atoms with van der Waals surface area (Å²) in [5, 5.41) is 0. The molecule has 0 fully saturated rings. The Morgan fingerprint density at radius 1 is 1.25 bits per heavy atom. The van der Waals surface area contributed by atoms with Crippen LogP contribution in [0.25, 0.3) is 0 Å². The van der Waals surface area contributed by atoms with E-state index in [1.54, 1.807) is 0 Å². The van der Waals surface area contributed by atoms with Gasteiger partial charge in [-0.2, -0.15) is 0 Å². The quantitative estimate of drug-likeness (QED) is 0.277. The molecule has 0 rings (SSSR count). The van der Waals surface area contributed by atoms with Gasteiger partial charge in [0.1, 0.15) is 0 Å². The van der Waals surface area contributed by atoms with E-state index in [2.05, 4.69) is 0 Å². The Labute approximate surface area is 137 Å². The normalized spacial score (nSPS) is 0.